The summed E-state index contributed by atoms with van der Waals surface area (Å²) in [5.74, 6) is -0.964. The van der Waals surface area contributed by atoms with Crippen molar-refractivity contribution in [3.05, 3.63) is 52.4 Å². The van der Waals surface area contributed by atoms with E-state index in [1.54, 1.807) is 12.1 Å². The van der Waals surface area contributed by atoms with Crippen LogP contribution in [0.5, 0.6) is 11.5 Å². The molecule has 0 unspecified atom stereocenters. The average molecular weight is 471 g/mol. The summed E-state index contributed by atoms with van der Waals surface area (Å²) in [5, 5.41) is 14.0. The number of amidine groups is 1. The molecule has 10 nitrogen and oxygen atoms in total. The summed E-state index contributed by atoms with van der Waals surface area (Å²) in [6, 6.07) is 7.20. The second-order valence-electron chi connectivity index (χ2n) is 8.03. The van der Waals surface area contributed by atoms with Crippen molar-refractivity contribution in [3.8, 4) is 11.5 Å². The minimum Gasteiger partial charge on any atom is -0.506 e. The Bertz CT molecular complexity index is 1470. The van der Waals surface area contributed by atoms with E-state index in [0.29, 0.717) is 29.9 Å². The van der Waals surface area contributed by atoms with Gasteiger partial charge in [-0.3, -0.25) is 14.2 Å². The number of nitrogens with one attached hydrogen (secondary N) is 1. The summed E-state index contributed by atoms with van der Waals surface area (Å²) in [7, 11) is -4.26. The normalized spacial score (nSPS) is 14.5. The molecule has 2 aromatic heterocycles. The maximum atomic E-state index is 13.4. The largest absolute Gasteiger partial charge is 0.506 e. The molecule has 0 spiro atoms. The highest BCUT2D eigenvalue weighted by Gasteiger charge is 2.30. The molecule has 172 valence electrons. The van der Waals surface area contributed by atoms with E-state index >= 15 is 0 Å². The quantitative estimate of drug-likeness (QED) is 0.428. The summed E-state index contributed by atoms with van der Waals surface area (Å²) in [6.45, 7) is 5.56. The van der Waals surface area contributed by atoms with Crippen LogP contribution >= 0.6 is 0 Å². The molecule has 1 aliphatic heterocycles. The summed E-state index contributed by atoms with van der Waals surface area (Å²) in [5.41, 5.74) is -0.442. The number of hydrogen-bond donors (Lipinski definition) is 2. The standard InChI is InChI=1S/C22H22N4O6S/c1-12(2)8-10-26-21-15(5-4-9-23-21)19(28)18(22(26)29)20-24-16-7-6-14(32-13(3)27)11-17(16)33(30,31)25-20/h4-7,9,11-12,28H,8,10H2,1-3H3,(H,24,25). The first kappa shape index (κ1) is 22.5. The zero-order valence-electron chi connectivity index (χ0n) is 18.2. The van der Waals surface area contributed by atoms with Crippen LogP contribution < -0.4 is 15.6 Å². The van der Waals surface area contributed by atoms with Crippen LogP contribution in [-0.4, -0.2) is 34.9 Å². The number of esters is 1. The molecule has 1 aromatic carbocycles. The van der Waals surface area contributed by atoms with Gasteiger partial charge in [-0.05, 0) is 36.6 Å². The van der Waals surface area contributed by atoms with Crippen LogP contribution in [0.1, 0.15) is 32.8 Å². The van der Waals surface area contributed by atoms with Gasteiger partial charge in [0.1, 0.15) is 27.6 Å². The molecule has 3 heterocycles. The van der Waals surface area contributed by atoms with E-state index in [2.05, 4.69) is 14.7 Å². The van der Waals surface area contributed by atoms with Crippen molar-refractivity contribution in [3.63, 3.8) is 0 Å². The zero-order chi connectivity index (χ0) is 23.9. The molecule has 0 fully saturated rings. The number of nitrogens with zero attached hydrogens (tertiary/aromatic N) is 3. The second-order valence-corrected chi connectivity index (χ2v) is 9.60. The molecule has 33 heavy (non-hydrogen) atoms. The molecule has 3 aromatic rings. The van der Waals surface area contributed by atoms with Crippen LogP contribution in [0.25, 0.3) is 11.0 Å². The van der Waals surface area contributed by atoms with Crippen LogP contribution in [0.2, 0.25) is 0 Å². The van der Waals surface area contributed by atoms with E-state index in [0.717, 1.165) is 0 Å². The molecule has 0 amide bonds. The lowest BCUT2D eigenvalue weighted by atomic mass is 10.1. The van der Waals surface area contributed by atoms with Gasteiger partial charge in [-0.15, -0.1) is 4.40 Å². The number of pyridine rings is 2. The number of ether oxygens (including phenoxy) is 1. The Balaban J connectivity index is 1.90. The van der Waals surface area contributed by atoms with Gasteiger partial charge in [0.15, 0.2) is 5.84 Å². The zero-order valence-corrected chi connectivity index (χ0v) is 19.0. The van der Waals surface area contributed by atoms with Gasteiger partial charge in [0.25, 0.3) is 15.6 Å². The molecule has 0 atom stereocenters. The molecule has 2 N–H and O–H groups in total. The van der Waals surface area contributed by atoms with Crippen molar-refractivity contribution in [2.45, 2.75) is 38.6 Å². The molecule has 0 saturated carbocycles. The van der Waals surface area contributed by atoms with Crippen LogP contribution in [0, 0.1) is 5.92 Å². The van der Waals surface area contributed by atoms with Crippen molar-refractivity contribution in [1.29, 1.82) is 0 Å². The number of aryl methyl sites for hydroxylation is 1. The first-order chi connectivity index (χ1) is 15.6. The third-order valence-corrected chi connectivity index (χ3v) is 6.43. The highest BCUT2D eigenvalue weighted by atomic mass is 32.2. The number of anilines is 1. The number of rotatable bonds is 5. The van der Waals surface area contributed by atoms with Crippen LogP contribution in [0.4, 0.5) is 5.69 Å². The fourth-order valence-corrected chi connectivity index (χ4v) is 4.69. The second kappa shape index (κ2) is 8.32. The summed E-state index contributed by atoms with van der Waals surface area (Å²) in [6.07, 6.45) is 2.19. The molecule has 0 aliphatic carbocycles. The number of aromatic hydroxyl groups is 1. The fourth-order valence-electron chi connectivity index (χ4n) is 3.55. The van der Waals surface area contributed by atoms with E-state index in [-0.39, 0.29) is 27.7 Å². The van der Waals surface area contributed by atoms with Crippen LogP contribution in [0.15, 0.2) is 50.6 Å². The fraction of sp³-hybridized carbons (Fsp3) is 0.273. The molecule has 0 radical (unpaired) electrons. The van der Waals surface area contributed by atoms with E-state index in [9.17, 15) is 23.1 Å². The number of fused-ring (bicyclic) bond motifs is 2. The van der Waals surface area contributed by atoms with Gasteiger partial charge >= 0.3 is 5.97 Å². The molecular formula is C22H22N4O6S. The monoisotopic (exact) mass is 470 g/mol. The Morgan fingerprint density at radius 2 is 2.03 bits per heavy atom. The maximum Gasteiger partial charge on any atom is 0.308 e. The number of carbonyl (C=O) groups excluding carboxylic acids is 1. The van der Waals surface area contributed by atoms with Crippen molar-refractivity contribution in [1.82, 2.24) is 9.55 Å². The first-order valence-electron chi connectivity index (χ1n) is 10.2. The van der Waals surface area contributed by atoms with E-state index in [4.69, 9.17) is 4.74 Å². The van der Waals surface area contributed by atoms with Crippen molar-refractivity contribution in [2.75, 3.05) is 5.32 Å². The predicted octanol–water partition coefficient (Wildman–Crippen LogP) is 2.63. The van der Waals surface area contributed by atoms with Gasteiger partial charge in [-0.25, -0.2) is 4.98 Å². The Kier molecular flexibility index (Phi) is 5.66. The molecule has 11 heteroatoms. The van der Waals surface area contributed by atoms with Gasteiger partial charge in [0.2, 0.25) is 0 Å². The van der Waals surface area contributed by atoms with Crippen LogP contribution in [0.3, 0.4) is 0 Å². The smallest absolute Gasteiger partial charge is 0.308 e. The highest BCUT2D eigenvalue weighted by molar-refractivity contribution is 7.90. The molecule has 1 aliphatic rings. The third-order valence-electron chi connectivity index (χ3n) is 5.12. The Labute approximate surface area is 189 Å². The lowest BCUT2D eigenvalue weighted by Gasteiger charge is -2.21. The third kappa shape index (κ3) is 4.19. The van der Waals surface area contributed by atoms with E-state index in [1.807, 2.05) is 13.8 Å². The lowest BCUT2D eigenvalue weighted by molar-refractivity contribution is -0.131. The van der Waals surface area contributed by atoms with Crippen molar-refractivity contribution < 1.29 is 23.1 Å². The lowest BCUT2D eigenvalue weighted by Crippen LogP contribution is -2.33. The van der Waals surface area contributed by atoms with Crippen molar-refractivity contribution in [2.24, 2.45) is 10.3 Å². The molecule has 4 rings (SSSR count). The topological polar surface area (TPSA) is 140 Å². The predicted molar refractivity (Wildman–Crippen MR) is 122 cm³/mol. The van der Waals surface area contributed by atoms with Gasteiger partial charge < -0.3 is 15.2 Å². The molecule has 0 saturated heterocycles. The van der Waals surface area contributed by atoms with Crippen LogP contribution in [-0.2, 0) is 21.4 Å². The highest BCUT2D eigenvalue weighted by Crippen LogP contribution is 2.34. The number of carbonyl (C=O) groups is 1. The molecular weight excluding hydrogens is 448 g/mol. The summed E-state index contributed by atoms with van der Waals surface area (Å²) in [4.78, 5) is 28.6. The summed E-state index contributed by atoms with van der Waals surface area (Å²) >= 11 is 0. The number of benzene rings is 1. The van der Waals surface area contributed by atoms with Crippen molar-refractivity contribution >= 4 is 38.5 Å². The number of hydrogen-bond acceptors (Lipinski definition) is 8. The first-order valence-corrected chi connectivity index (χ1v) is 11.7. The van der Waals surface area contributed by atoms with E-state index in [1.165, 1.54) is 35.9 Å². The van der Waals surface area contributed by atoms with Gasteiger partial charge in [-0.2, -0.15) is 8.42 Å². The minimum atomic E-state index is -4.26. The SMILES string of the molecule is CC(=O)Oc1ccc2c(c1)S(=O)(=O)N=C(c1c(O)c3cccnc3n(CCC(C)C)c1=O)N2. The molecule has 0 bridgehead atoms. The van der Waals surface area contributed by atoms with Gasteiger partial charge in [0, 0.05) is 25.7 Å². The maximum absolute atomic E-state index is 13.4. The Hall–Kier alpha value is -3.73. The number of aromatic nitrogens is 2. The van der Waals surface area contributed by atoms with E-state index < -0.39 is 27.3 Å². The van der Waals surface area contributed by atoms with Gasteiger partial charge in [0.05, 0.1) is 11.1 Å². The summed E-state index contributed by atoms with van der Waals surface area (Å²) < 4.78 is 35.9. The number of sulfonamides is 1. The average Bonchev–Trinajstić information content (AvgIpc) is 2.73. The van der Waals surface area contributed by atoms with Gasteiger partial charge in [-0.1, -0.05) is 13.8 Å². The Morgan fingerprint density at radius 1 is 1.27 bits per heavy atom. The Morgan fingerprint density at radius 3 is 2.73 bits per heavy atom. The minimum absolute atomic E-state index is 0.0425.